The summed E-state index contributed by atoms with van der Waals surface area (Å²) in [5.41, 5.74) is 0. The summed E-state index contributed by atoms with van der Waals surface area (Å²) in [6, 6.07) is -1.37. The lowest BCUT2D eigenvalue weighted by Crippen LogP contribution is -2.68. The molecule has 3 heterocycles. The van der Waals surface area contributed by atoms with Gasteiger partial charge >= 0.3 is 0 Å². The van der Waals surface area contributed by atoms with Crippen LogP contribution < -0.4 is 5.32 Å². The maximum Gasteiger partial charge on any atom is 0.217 e. The molecule has 16 nitrogen and oxygen atoms in total. The molecule has 10 N–H and O–H groups in total. The summed E-state index contributed by atoms with van der Waals surface area (Å²) in [7, 11) is 0. The molecule has 36 heavy (non-hydrogen) atoms. The second-order valence-electron chi connectivity index (χ2n) is 9.05. The molecule has 0 aromatic rings. The molecular formula is C20H35NO15. The molecule has 3 aliphatic heterocycles. The van der Waals surface area contributed by atoms with Crippen LogP contribution in [0.15, 0.2) is 0 Å². The first-order valence-electron chi connectivity index (χ1n) is 11.4. The lowest BCUT2D eigenvalue weighted by molar-refractivity contribution is -0.370. The molecule has 3 saturated heterocycles. The van der Waals surface area contributed by atoms with E-state index in [4.69, 9.17) is 23.7 Å². The standard InChI is InChI=1S/C20H35NO15/c1-5-10(25)12(27)14(29)19(32-5)35-16-8(4-23)34-20(15(30)13(16)28)36-17-9(21-6(2)24)18(31)33-7(3-22)11(17)26/h5,7-20,22-23,25-31H,3-4H2,1-2H3,(H,21,24)/t5-,7+,8+,9+,10-,11-,12+,13+,14+,15+,16+,17+,18+,19-,20+/m0/s1. The highest BCUT2D eigenvalue weighted by atomic mass is 16.7. The lowest BCUT2D eigenvalue weighted by Gasteiger charge is -2.48. The van der Waals surface area contributed by atoms with E-state index in [-0.39, 0.29) is 0 Å². The fourth-order valence-electron chi connectivity index (χ4n) is 4.40. The number of aliphatic hydroxyl groups is 9. The number of amides is 1. The van der Waals surface area contributed by atoms with Gasteiger partial charge in [0.2, 0.25) is 5.91 Å². The summed E-state index contributed by atoms with van der Waals surface area (Å²) >= 11 is 0. The number of carbonyl (C=O) groups is 1. The van der Waals surface area contributed by atoms with E-state index in [1.807, 2.05) is 0 Å². The molecule has 15 atom stereocenters. The third kappa shape index (κ3) is 5.97. The average molecular weight is 529 g/mol. The Morgan fingerprint density at radius 3 is 1.86 bits per heavy atom. The number of hydrogen-bond donors (Lipinski definition) is 10. The van der Waals surface area contributed by atoms with Gasteiger partial charge in [-0.25, -0.2) is 0 Å². The van der Waals surface area contributed by atoms with Crippen molar-refractivity contribution in [2.24, 2.45) is 0 Å². The van der Waals surface area contributed by atoms with Crippen molar-refractivity contribution in [2.75, 3.05) is 13.2 Å². The first kappa shape index (κ1) is 29.5. The number of aliphatic hydroxyl groups excluding tert-OH is 9. The molecule has 210 valence electrons. The van der Waals surface area contributed by atoms with Gasteiger partial charge < -0.3 is 75.0 Å². The van der Waals surface area contributed by atoms with Crippen molar-refractivity contribution in [2.45, 2.75) is 106 Å². The van der Waals surface area contributed by atoms with E-state index in [1.54, 1.807) is 0 Å². The second-order valence-corrected chi connectivity index (χ2v) is 9.05. The van der Waals surface area contributed by atoms with Crippen LogP contribution in [0.3, 0.4) is 0 Å². The van der Waals surface area contributed by atoms with Gasteiger partial charge in [-0.05, 0) is 6.92 Å². The highest BCUT2D eigenvalue weighted by molar-refractivity contribution is 5.73. The normalized spacial score (nSPS) is 50.0. The summed E-state index contributed by atoms with van der Waals surface area (Å²) in [5, 5.41) is 93.8. The minimum atomic E-state index is -1.88. The van der Waals surface area contributed by atoms with E-state index in [1.165, 1.54) is 6.92 Å². The Kier molecular flexibility index (Phi) is 9.97. The van der Waals surface area contributed by atoms with E-state index in [9.17, 15) is 50.8 Å². The van der Waals surface area contributed by atoms with Crippen LogP contribution in [0.4, 0.5) is 0 Å². The molecule has 16 heteroatoms. The third-order valence-electron chi connectivity index (χ3n) is 6.45. The monoisotopic (exact) mass is 529 g/mol. The van der Waals surface area contributed by atoms with Crippen molar-refractivity contribution < 1.29 is 74.4 Å². The van der Waals surface area contributed by atoms with Gasteiger partial charge in [-0.1, -0.05) is 0 Å². The van der Waals surface area contributed by atoms with Crippen LogP contribution in [0.1, 0.15) is 13.8 Å². The predicted octanol–water partition coefficient (Wildman–Crippen LogP) is -6.40. The van der Waals surface area contributed by atoms with Crippen LogP contribution in [0.2, 0.25) is 0 Å². The van der Waals surface area contributed by atoms with Crippen molar-refractivity contribution in [1.29, 1.82) is 0 Å². The van der Waals surface area contributed by atoms with Gasteiger partial charge in [-0.2, -0.15) is 0 Å². The zero-order chi connectivity index (χ0) is 26.9. The molecular weight excluding hydrogens is 494 g/mol. The van der Waals surface area contributed by atoms with Gasteiger partial charge in [0.05, 0.1) is 19.3 Å². The molecule has 3 aliphatic rings. The topological polar surface area (TPSA) is 257 Å². The number of ether oxygens (including phenoxy) is 5. The van der Waals surface area contributed by atoms with Crippen molar-refractivity contribution >= 4 is 5.91 Å². The minimum Gasteiger partial charge on any atom is -0.394 e. The Labute approximate surface area is 205 Å². The van der Waals surface area contributed by atoms with Crippen molar-refractivity contribution in [1.82, 2.24) is 5.32 Å². The fourth-order valence-corrected chi connectivity index (χ4v) is 4.40. The van der Waals surface area contributed by atoms with Crippen molar-refractivity contribution in [3.05, 3.63) is 0 Å². The van der Waals surface area contributed by atoms with Gasteiger partial charge in [0, 0.05) is 6.92 Å². The van der Waals surface area contributed by atoms with E-state index < -0.39 is 111 Å². The molecule has 3 fully saturated rings. The first-order valence-corrected chi connectivity index (χ1v) is 11.4. The average Bonchev–Trinajstić information content (AvgIpc) is 2.84. The molecule has 0 aromatic carbocycles. The number of carbonyl (C=O) groups excluding carboxylic acids is 1. The van der Waals surface area contributed by atoms with Gasteiger partial charge in [0.1, 0.15) is 67.1 Å². The molecule has 1 amide bonds. The summed E-state index contributed by atoms with van der Waals surface area (Å²) in [6.45, 7) is 1.03. The van der Waals surface area contributed by atoms with E-state index in [0.29, 0.717) is 0 Å². The van der Waals surface area contributed by atoms with Gasteiger partial charge in [0.25, 0.3) is 0 Å². The minimum absolute atomic E-state index is 0.620. The molecule has 0 spiro atoms. The number of rotatable bonds is 7. The molecule has 0 aliphatic carbocycles. The zero-order valence-corrected chi connectivity index (χ0v) is 19.5. The van der Waals surface area contributed by atoms with Crippen LogP contribution in [0, 0.1) is 0 Å². The maximum atomic E-state index is 11.6. The summed E-state index contributed by atoms with van der Waals surface area (Å²) in [4.78, 5) is 11.6. The fraction of sp³-hybridized carbons (Fsp3) is 0.950. The zero-order valence-electron chi connectivity index (χ0n) is 19.5. The van der Waals surface area contributed by atoms with Crippen molar-refractivity contribution in [3.63, 3.8) is 0 Å². The Morgan fingerprint density at radius 1 is 0.722 bits per heavy atom. The quantitative estimate of drug-likeness (QED) is 0.147. The number of nitrogens with one attached hydrogen (secondary N) is 1. The summed E-state index contributed by atoms with van der Waals surface area (Å²) in [6.07, 6.45) is -21.8. The van der Waals surface area contributed by atoms with Crippen molar-refractivity contribution in [3.8, 4) is 0 Å². The summed E-state index contributed by atoms with van der Waals surface area (Å²) in [5.74, 6) is -0.620. The Morgan fingerprint density at radius 2 is 1.28 bits per heavy atom. The van der Waals surface area contributed by atoms with Gasteiger partial charge in [-0.3, -0.25) is 4.79 Å². The largest absolute Gasteiger partial charge is 0.394 e. The molecule has 3 rings (SSSR count). The smallest absolute Gasteiger partial charge is 0.217 e. The van der Waals surface area contributed by atoms with E-state index in [0.717, 1.165) is 6.92 Å². The predicted molar refractivity (Wildman–Crippen MR) is 111 cm³/mol. The Balaban J connectivity index is 1.76. The highest BCUT2D eigenvalue weighted by Gasteiger charge is 2.53. The van der Waals surface area contributed by atoms with Gasteiger partial charge in [-0.15, -0.1) is 0 Å². The van der Waals surface area contributed by atoms with E-state index >= 15 is 0 Å². The van der Waals surface area contributed by atoms with Crippen LogP contribution in [0.25, 0.3) is 0 Å². The lowest BCUT2D eigenvalue weighted by atomic mass is 9.95. The highest BCUT2D eigenvalue weighted by Crippen LogP contribution is 2.32. The number of hydrogen-bond acceptors (Lipinski definition) is 15. The molecule has 0 saturated carbocycles. The summed E-state index contributed by atoms with van der Waals surface area (Å²) < 4.78 is 27.1. The molecule has 0 aromatic heterocycles. The van der Waals surface area contributed by atoms with Crippen LogP contribution in [-0.2, 0) is 28.5 Å². The van der Waals surface area contributed by atoms with E-state index in [2.05, 4.69) is 5.32 Å². The Hall–Kier alpha value is -1.09. The van der Waals surface area contributed by atoms with Crippen LogP contribution >= 0.6 is 0 Å². The van der Waals surface area contributed by atoms with Crippen LogP contribution in [0.5, 0.6) is 0 Å². The molecule has 0 unspecified atom stereocenters. The molecule has 0 bridgehead atoms. The van der Waals surface area contributed by atoms with Gasteiger partial charge in [0.15, 0.2) is 18.9 Å². The SMILES string of the molecule is CC(=O)N[C@@H]1[C@@H](O[C@H]2O[C@H](CO)[C@@H](O[C@@H]3O[C@@H](C)[C@H](O)[C@@H](O)[C@H]3O)[C@H](O)[C@H]2O)[C@@H](O)[C@@H](CO)O[C@H]1O. The maximum absolute atomic E-state index is 11.6. The Bertz CT molecular complexity index is 729. The third-order valence-corrected chi connectivity index (χ3v) is 6.45. The van der Waals surface area contributed by atoms with Crippen LogP contribution in [-0.4, -0.2) is 157 Å². The molecule has 0 radical (unpaired) electrons. The first-order chi connectivity index (χ1) is 16.9. The second kappa shape index (κ2) is 12.2.